The first-order chi connectivity index (χ1) is 10.1. The zero-order valence-electron chi connectivity index (χ0n) is 13.2. The Morgan fingerprint density at radius 1 is 1.38 bits per heavy atom. The van der Waals surface area contributed by atoms with Crippen LogP contribution in [0.1, 0.15) is 50.5 Å². The van der Waals surface area contributed by atoms with E-state index in [0.29, 0.717) is 6.04 Å². The highest BCUT2D eigenvalue weighted by Gasteiger charge is 2.40. The van der Waals surface area contributed by atoms with E-state index in [2.05, 4.69) is 62.1 Å². The zero-order valence-corrected chi connectivity index (χ0v) is 14.1. The number of hydrogen-bond acceptors (Lipinski definition) is 3. The molecule has 1 aliphatic rings. The summed E-state index contributed by atoms with van der Waals surface area (Å²) in [5.74, 6) is 2.36. The van der Waals surface area contributed by atoms with Gasteiger partial charge in [-0.1, -0.05) is 18.6 Å². The van der Waals surface area contributed by atoms with E-state index < -0.39 is 0 Å². The molecule has 3 rings (SSSR count). The molecule has 1 aromatic heterocycles. The van der Waals surface area contributed by atoms with E-state index in [-0.39, 0.29) is 4.75 Å². The highest BCUT2D eigenvalue weighted by molar-refractivity contribution is 8.00. The molecule has 0 radical (unpaired) electrons. The van der Waals surface area contributed by atoms with E-state index in [0.717, 1.165) is 24.3 Å². The Bertz CT molecular complexity index is 613. The monoisotopic (exact) mass is 303 g/mol. The predicted molar refractivity (Wildman–Crippen MR) is 92.1 cm³/mol. The number of aryl methyl sites for hydroxylation is 1. The smallest absolute Gasteiger partial charge is 0.134 e. The molecule has 114 valence electrons. The van der Waals surface area contributed by atoms with Gasteiger partial charge in [0.2, 0.25) is 0 Å². The second-order valence-electron chi connectivity index (χ2n) is 6.34. The third-order valence-corrected chi connectivity index (χ3v) is 6.03. The summed E-state index contributed by atoms with van der Waals surface area (Å²) in [4.78, 5) is 0. The van der Waals surface area contributed by atoms with Crippen molar-refractivity contribution in [3.8, 4) is 0 Å². The van der Waals surface area contributed by atoms with Crippen LogP contribution in [0.3, 0.4) is 0 Å². The quantitative estimate of drug-likeness (QED) is 0.835. The van der Waals surface area contributed by atoms with E-state index in [1.165, 1.54) is 29.5 Å². The topological polar surface area (TPSA) is 25.2 Å². The second kappa shape index (κ2) is 6.05. The molecule has 1 saturated heterocycles. The van der Waals surface area contributed by atoms with Crippen LogP contribution in [0.4, 0.5) is 0 Å². The SMILES string of the molecule is CCCNC(c1cc2cc(C)ccc2o1)C1(C)CCCS1. The molecule has 1 aromatic carbocycles. The van der Waals surface area contributed by atoms with Crippen molar-refractivity contribution in [2.75, 3.05) is 12.3 Å². The van der Waals surface area contributed by atoms with Gasteiger partial charge in [0.05, 0.1) is 6.04 Å². The first-order valence-electron chi connectivity index (χ1n) is 8.00. The molecule has 0 amide bonds. The van der Waals surface area contributed by atoms with Gasteiger partial charge in [-0.05, 0) is 63.6 Å². The lowest BCUT2D eigenvalue weighted by atomic mass is 9.93. The van der Waals surface area contributed by atoms with Gasteiger partial charge in [0.15, 0.2) is 0 Å². The Kier molecular flexibility index (Phi) is 4.32. The summed E-state index contributed by atoms with van der Waals surface area (Å²) in [6.07, 6.45) is 3.72. The number of rotatable bonds is 5. The molecule has 2 heterocycles. The molecule has 2 unspecified atom stereocenters. The third-order valence-electron chi connectivity index (χ3n) is 4.43. The third kappa shape index (κ3) is 3.00. The number of benzene rings is 1. The summed E-state index contributed by atoms with van der Waals surface area (Å²) >= 11 is 2.09. The minimum Gasteiger partial charge on any atom is -0.459 e. The molecule has 0 aliphatic carbocycles. The summed E-state index contributed by atoms with van der Waals surface area (Å²) in [5.41, 5.74) is 2.29. The average Bonchev–Trinajstić information content (AvgIpc) is 3.06. The summed E-state index contributed by atoms with van der Waals surface area (Å²) in [6.45, 7) is 7.77. The normalized spacial score (nSPS) is 23.8. The number of hydrogen-bond donors (Lipinski definition) is 1. The van der Waals surface area contributed by atoms with E-state index >= 15 is 0 Å². The van der Waals surface area contributed by atoms with E-state index in [4.69, 9.17) is 4.42 Å². The molecule has 1 N–H and O–H groups in total. The van der Waals surface area contributed by atoms with Gasteiger partial charge in [-0.3, -0.25) is 0 Å². The van der Waals surface area contributed by atoms with Crippen molar-refractivity contribution in [1.29, 1.82) is 0 Å². The highest BCUT2D eigenvalue weighted by Crippen LogP contribution is 2.47. The van der Waals surface area contributed by atoms with Gasteiger partial charge in [0, 0.05) is 10.1 Å². The molecule has 2 nitrogen and oxygen atoms in total. The van der Waals surface area contributed by atoms with Gasteiger partial charge in [-0.2, -0.15) is 11.8 Å². The molecular weight excluding hydrogens is 278 g/mol. The molecule has 0 bridgehead atoms. The Hall–Kier alpha value is -0.930. The van der Waals surface area contributed by atoms with E-state index in [9.17, 15) is 0 Å². The van der Waals surface area contributed by atoms with Gasteiger partial charge >= 0.3 is 0 Å². The average molecular weight is 303 g/mol. The molecule has 21 heavy (non-hydrogen) atoms. The van der Waals surface area contributed by atoms with Gasteiger partial charge in [-0.25, -0.2) is 0 Å². The van der Waals surface area contributed by atoms with Crippen molar-refractivity contribution >= 4 is 22.7 Å². The van der Waals surface area contributed by atoms with Crippen LogP contribution in [0.5, 0.6) is 0 Å². The van der Waals surface area contributed by atoms with Crippen molar-refractivity contribution in [1.82, 2.24) is 5.32 Å². The van der Waals surface area contributed by atoms with Crippen LogP contribution in [0.25, 0.3) is 11.0 Å². The summed E-state index contributed by atoms with van der Waals surface area (Å²) < 4.78 is 6.43. The first kappa shape index (κ1) is 15.0. The molecule has 1 fully saturated rings. The van der Waals surface area contributed by atoms with E-state index in [1.807, 2.05) is 0 Å². The molecule has 3 heteroatoms. The molecule has 1 aliphatic heterocycles. The fourth-order valence-electron chi connectivity index (χ4n) is 3.26. The molecule has 2 aromatic rings. The van der Waals surface area contributed by atoms with E-state index in [1.54, 1.807) is 0 Å². The van der Waals surface area contributed by atoms with Crippen LogP contribution < -0.4 is 5.32 Å². The maximum absolute atomic E-state index is 6.18. The van der Waals surface area contributed by atoms with Crippen molar-refractivity contribution in [2.45, 2.75) is 50.8 Å². The lowest BCUT2D eigenvalue weighted by Gasteiger charge is -2.32. The summed E-state index contributed by atoms with van der Waals surface area (Å²) in [5, 5.41) is 4.95. The van der Waals surface area contributed by atoms with Crippen molar-refractivity contribution in [3.05, 3.63) is 35.6 Å². The maximum atomic E-state index is 6.18. The lowest BCUT2D eigenvalue weighted by Crippen LogP contribution is -2.37. The van der Waals surface area contributed by atoms with Gasteiger partial charge < -0.3 is 9.73 Å². The number of thioether (sulfide) groups is 1. The second-order valence-corrected chi connectivity index (χ2v) is 7.97. The van der Waals surface area contributed by atoms with Crippen molar-refractivity contribution in [2.24, 2.45) is 0 Å². The minimum atomic E-state index is 0.248. The predicted octanol–water partition coefficient (Wildman–Crippen LogP) is 5.07. The number of nitrogens with one attached hydrogen (secondary N) is 1. The van der Waals surface area contributed by atoms with Crippen LogP contribution in [0, 0.1) is 6.92 Å². The van der Waals surface area contributed by atoms with Crippen LogP contribution in [0.15, 0.2) is 28.7 Å². The minimum absolute atomic E-state index is 0.248. The van der Waals surface area contributed by atoms with Crippen LogP contribution in [-0.4, -0.2) is 17.0 Å². The number of furan rings is 1. The Morgan fingerprint density at radius 3 is 2.95 bits per heavy atom. The Labute approximate surface area is 131 Å². The molecule has 0 saturated carbocycles. The van der Waals surface area contributed by atoms with Crippen LogP contribution in [-0.2, 0) is 0 Å². The first-order valence-corrected chi connectivity index (χ1v) is 8.98. The van der Waals surface area contributed by atoms with Crippen LogP contribution >= 0.6 is 11.8 Å². The van der Waals surface area contributed by atoms with Gasteiger partial charge in [0.1, 0.15) is 11.3 Å². The fourth-order valence-corrected chi connectivity index (χ4v) is 4.67. The number of fused-ring (bicyclic) bond motifs is 1. The van der Waals surface area contributed by atoms with Crippen molar-refractivity contribution < 1.29 is 4.42 Å². The largest absolute Gasteiger partial charge is 0.459 e. The Balaban J connectivity index is 1.96. The fraction of sp³-hybridized carbons (Fsp3) is 0.556. The van der Waals surface area contributed by atoms with Crippen molar-refractivity contribution in [3.63, 3.8) is 0 Å². The zero-order chi connectivity index (χ0) is 14.9. The van der Waals surface area contributed by atoms with Crippen LogP contribution in [0.2, 0.25) is 0 Å². The lowest BCUT2D eigenvalue weighted by molar-refractivity contribution is 0.355. The Morgan fingerprint density at radius 2 is 2.24 bits per heavy atom. The highest BCUT2D eigenvalue weighted by atomic mass is 32.2. The molecule has 2 atom stereocenters. The summed E-state index contributed by atoms with van der Waals surface area (Å²) in [6, 6.07) is 8.96. The molecule has 0 spiro atoms. The maximum Gasteiger partial charge on any atom is 0.134 e. The molecular formula is C18H25NOS. The van der Waals surface area contributed by atoms with Gasteiger partial charge in [0.25, 0.3) is 0 Å². The summed E-state index contributed by atoms with van der Waals surface area (Å²) in [7, 11) is 0. The van der Waals surface area contributed by atoms with Gasteiger partial charge in [-0.15, -0.1) is 0 Å². The standard InChI is InChI=1S/C18H25NOS/c1-4-9-19-17(18(3)8-5-10-21-18)16-12-14-11-13(2)6-7-15(14)20-16/h6-7,11-12,17,19H,4-5,8-10H2,1-3H3.